The number of hydrogen-bond acceptors (Lipinski definition) is 6. The molecular weight excluding hydrogens is 435 g/mol. The van der Waals surface area contributed by atoms with Crippen LogP contribution in [0.1, 0.15) is 16.4 Å². The van der Waals surface area contributed by atoms with Crippen molar-refractivity contribution in [2.24, 2.45) is 5.92 Å². The van der Waals surface area contributed by atoms with Crippen molar-refractivity contribution in [3.8, 4) is 0 Å². The van der Waals surface area contributed by atoms with Gasteiger partial charge in [-0.25, -0.2) is 0 Å². The lowest BCUT2D eigenvalue weighted by molar-refractivity contribution is -0.149. The molecule has 0 spiro atoms. The van der Waals surface area contributed by atoms with Gasteiger partial charge in [-0.3, -0.25) is 24.1 Å². The minimum Gasteiger partial charge on any atom is -0.480 e. The summed E-state index contributed by atoms with van der Waals surface area (Å²) in [5, 5.41) is 9.21. The number of halogens is 2. The van der Waals surface area contributed by atoms with E-state index in [1.165, 1.54) is 0 Å². The maximum absolute atomic E-state index is 13.0. The number of nitrogens with one attached hydrogen (secondary N) is 1. The van der Waals surface area contributed by atoms with E-state index in [1.807, 2.05) is 0 Å². The first-order chi connectivity index (χ1) is 12.8. The second-order valence-electron chi connectivity index (χ2n) is 6.05. The number of carboxylic acid groups (broad SMARTS) is 1. The zero-order chi connectivity index (χ0) is 19.5. The summed E-state index contributed by atoms with van der Waals surface area (Å²) in [5.41, 5.74) is 0.522. The first kappa shape index (κ1) is 18.5. The van der Waals surface area contributed by atoms with Gasteiger partial charge in [0.15, 0.2) is 0 Å². The molecule has 0 aliphatic carbocycles. The van der Waals surface area contributed by atoms with Gasteiger partial charge in [0.1, 0.15) is 11.8 Å². The number of nitrogens with zero attached hydrogens (tertiary/aromatic N) is 1. The fraction of sp³-hybridized carbons (Fsp3) is 0.250. The van der Waals surface area contributed by atoms with Crippen LogP contribution in [0.3, 0.4) is 0 Å². The average molecular weight is 445 g/mol. The number of hydrogen-bond donors (Lipinski definition) is 2. The number of carbonyl (C=O) groups excluding carboxylic acids is 2. The van der Waals surface area contributed by atoms with Gasteiger partial charge in [-0.05, 0) is 11.6 Å². The second-order valence-corrected chi connectivity index (χ2v) is 9.00. The number of aromatic amines is 1. The number of thiazole rings is 1. The summed E-state index contributed by atoms with van der Waals surface area (Å²) in [5.74, 6) is -3.99. The highest BCUT2D eigenvalue weighted by Gasteiger charge is 2.56. The minimum atomic E-state index is -1.28. The van der Waals surface area contributed by atoms with Crippen LogP contribution in [0.4, 0.5) is 0 Å². The quantitative estimate of drug-likeness (QED) is 0.703. The van der Waals surface area contributed by atoms with Crippen molar-refractivity contribution >= 4 is 64.1 Å². The van der Waals surface area contributed by atoms with E-state index in [2.05, 4.69) is 4.98 Å². The van der Waals surface area contributed by atoms with Crippen LogP contribution in [0, 0.1) is 5.92 Å². The number of H-pyrrole nitrogens is 1. The van der Waals surface area contributed by atoms with Crippen molar-refractivity contribution in [1.82, 2.24) is 9.88 Å². The number of aliphatic carboxylic acids is 1. The van der Waals surface area contributed by atoms with Crippen molar-refractivity contribution in [2.75, 3.05) is 6.54 Å². The third-order valence-electron chi connectivity index (χ3n) is 4.53. The number of rotatable bonds is 3. The van der Waals surface area contributed by atoms with Crippen molar-refractivity contribution in [3.05, 3.63) is 48.4 Å². The lowest BCUT2D eigenvalue weighted by Gasteiger charge is -2.30. The summed E-state index contributed by atoms with van der Waals surface area (Å²) in [4.78, 5) is 52.4. The van der Waals surface area contributed by atoms with Crippen molar-refractivity contribution in [1.29, 1.82) is 0 Å². The summed E-state index contributed by atoms with van der Waals surface area (Å²) in [7, 11) is 0. The predicted octanol–water partition coefficient (Wildman–Crippen LogP) is 2.42. The van der Waals surface area contributed by atoms with E-state index in [0.29, 0.717) is 15.5 Å². The van der Waals surface area contributed by atoms with Crippen LogP contribution in [0.15, 0.2) is 28.0 Å². The molecule has 27 heavy (non-hydrogen) atoms. The van der Waals surface area contributed by atoms with Gasteiger partial charge in [-0.2, -0.15) is 0 Å². The first-order valence-electron chi connectivity index (χ1n) is 7.70. The van der Waals surface area contributed by atoms with Gasteiger partial charge < -0.3 is 10.1 Å². The van der Waals surface area contributed by atoms with E-state index >= 15 is 0 Å². The van der Waals surface area contributed by atoms with E-state index in [0.717, 1.165) is 28.0 Å². The monoisotopic (exact) mass is 444 g/mol. The van der Waals surface area contributed by atoms with E-state index in [4.69, 9.17) is 28.3 Å². The molecule has 3 heterocycles. The fourth-order valence-electron chi connectivity index (χ4n) is 3.46. The Kier molecular flexibility index (Phi) is 4.58. The number of thioether (sulfide) groups is 1. The molecule has 140 valence electrons. The van der Waals surface area contributed by atoms with Crippen molar-refractivity contribution in [2.45, 2.75) is 16.2 Å². The van der Waals surface area contributed by atoms with Crippen molar-refractivity contribution in [3.63, 3.8) is 0 Å². The van der Waals surface area contributed by atoms with Gasteiger partial charge in [-0.15, -0.1) is 0 Å². The molecule has 2 aromatic rings. The van der Waals surface area contributed by atoms with Gasteiger partial charge >= 0.3 is 10.8 Å². The van der Waals surface area contributed by atoms with E-state index < -0.39 is 41.4 Å². The molecule has 11 heteroatoms. The number of carbonyl (C=O) groups is 3. The van der Waals surface area contributed by atoms with Gasteiger partial charge in [0.25, 0.3) is 0 Å². The molecule has 0 bridgehead atoms. The second kappa shape index (κ2) is 6.66. The molecule has 2 aliphatic heterocycles. The highest BCUT2D eigenvalue weighted by molar-refractivity contribution is 8.00. The Morgan fingerprint density at radius 1 is 1.22 bits per heavy atom. The molecule has 1 saturated heterocycles. The largest absolute Gasteiger partial charge is 0.480 e. The lowest BCUT2D eigenvalue weighted by Crippen LogP contribution is -2.36. The summed E-state index contributed by atoms with van der Waals surface area (Å²) < 4.78 is 0. The van der Waals surface area contributed by atoms with Crippen LogP contribution in [0.2, 0.25) is 10.0 Å². The van der Waals surface area contributed by atoms with Crippen LogP contribution in [-0.4, -0.2) is 44.6 Å². The minimum absolute atomic E-state index is 0.235. The van der Waals surface area contributed by atoms with E-state index in [-0.39, 0.29) is 14.9 Å². The predicted molar refractivity (Wildman–Crippen MR) is 101 cm³/mol. The van der Waals surface area contributed by atoms with Crippen LogP contribution >= 0.6 is 46.3 Å². The molecule has 1 aromatic heterocycles. The smallest absolute Gasteiger partial charge is 0.323 e. The zero-order valence-corrected chi connectivity index (χ0v) is 16.4. The summed E-state index contributed by atoms with van der Waals surface area (Å²) >= 11 is 14.5. The Morgan fingerprint density at radius 2 is 1.96 bits per heavy atom. The van der Waals surface area contributed by atoms with Crippen LogP contribution < -0.4 is 4.87 Å². The van der Waals surface area contributed by atoms with Crippen LogP contribution in [-0.2, 0) is 14.4 Å². The van der Waals surface area contributed by atoms with Crippen LogP contribution in [0.5, 0.6) is 0 Å². The molecule has 2 amide bonds. The molecule has 2 unspecified atom stereocenters. The molecular formula is C16H10Cl2N2O5S2. The number of benzene rings is 1. The number of amides is 2. The first-order valence-corrected chi connectivity index (χ1v) is 10.2. The SMILES string of the molecule is O=C(O)CN1C(=O)C2Sc3[nH]c(=O)sc3[C@H](c3cccc(Cl)c3Cl)C2C1=O. The van der Waals surface area contributed by atoms with Gasteiger partial charge in [-0.1, -0.05) is 58.4 Å². The number of likely N-dealkylation sites (tertiary alicyclic amines) is 1. The maximum atomic E-state index is 13.0. The molecule has 7 nitrogen and oxygen atoms in total. The summed E-state index contributed by atoms with van der Waals surface area (Å²) in [6.07, 6.45) is 0. The number of aromatic nitrogens is 1. The number of imide groups is 1. The lowest BCUT2D eigenvalue weighted by atomic mass is 9.83. The normalized spacial score (nSPS) is 24.1. The summed E-state index contributed by atoms with van der Waals surface area (Å²) in [6, 6.07) is 4.96. The molecule has 0 radical (unpaired) electrons. The Balaban J connectivity index is 1.90. The topological polar surface area (TPSA) is 108 Å². The standard InChI is InChI=1S/C16H10Cl2N2O5S2/c17-6-3-1-2-5(10(6)18)8-9-12(26-13-11(8)27-16(25)19-13)15(24)20(14(9)23)4-7(21)22/h1-3,8-9,12H,4H2,(H,19,25)(H,21,22)/t8-,9?,12?/m1/s1. The van der Waals surface area contributed by atoms with Crippen LogP contribution in [0.25, 0.3) is 0 Å². The fourth-order valence-corrected chi connectivity index (χ4v) is 6.41. The molecule has 2 aliphatic rings. The third kappa shape index (κ3) is 2.89. The Hall–Kier alpha value is -1.81. The maximum Gasteiger partial charge on any atom is 0.323 e. The van der Waals surface area contributed by atoms with Gasteiger partial charge in [0.05, 0.1) is 21.0 Å². The van der Waals surface area contributed by atoms with Gasteiger partial charge in [0, 0.05) is 10.8 Å². The highest BCUT2D eigenvalue weighted by atomic mass is 35.5. The molecule has 1 fully saturated rings. The Labute approximate surface area is 170 Å². The molecule has 0 saturated carbocycles. The van der Waals surface area contributed by atoms with Crippen molar-refractivity contribution < 1.29 is 19.5 Å². The highest BCUT2D eigenvalue weighted by Crippen LogP contribution is 2.53. The molecule has 2 N–H and O–H groups in total. The molecule has 3 atom stereocenters. The third-order valence-corrected chi connectivity index (χ3v) is 7.76. The van der Waals surface area contributed by atoms with E-state index in [9.17, 15) is 19.2 Å². The number of carboxylic acids is 1. The van der Waals surface area contributed by atoms with E-state index in [1.54, 1.807) is 18.2 Å². The Morgan fingerprint density at radius 3 is 2.67 bits per heavy atom. The number of fused-ring (bicyclic) bond motifs is 2. The molecule has 1 aromatic carbocycles. The molecule has 4 rings (SSSR count). The average Bonchev–Trinajstić information content (AvgIpc) is 3.08. The zero-order valence-electron chi connectivity index (χ0n) is 13.3. The van der Waals surface area contributed by atoms with Gasteiger partial charge in [0.2, 0.25) is 11.8 Å². The Bertz CT molecular complexity index is 1050. The summed E-state index contributed by atoms with van der Waals surface area (Å²) in [6.45, 7) is -0.703.